The highest BCUT2D eigenvalue weighted by atomic mass is 32.2. The summed E-state index contributed by atoms with van der Waals surface area (Å²) in [6.45, 7) is 3.53. The predicted molar refractivity (Wildman–Crippen MR) is 253 cm³/mol. The number of aliphatic hydroxyl groups is 2. The number of aliphatic imine (C=N–C) groups is 1. The van der Waals surface area contributed by atoms with Crippen molar-refractivity contribution in [1.82, 2.24) is 37.2 Å². The maximum Gasteiger partial charge on any atom is 0.328 e. The Hall–Kier alpha value is -6.58. The number of nitrogens with one attached hydrogen (secondary N) is 7. The third-order valence-electron chi connectivity index (χ3n) is 10.0. The van der Waals surface area contributed by atoms with E-state index in [1.54, 1.807) is 50.4 Å². The summed E-state index contributed by atoms with van der Waals surface area (Å²) in [5.74, 6) is -10.4. The third kappa shape index (κ3) is 23.8. The van der Waals surface area contributed by atoms with Gasteiger partial charge in [0.1, 0.15) is 36.3 Å². The first-order chi connectivity index (χ1) is 32.4. The van der Waals surface area contributed by atoms with Crippen molar-refractivity contribution in [2.75, 3.05) is 25.2 Å². The zero-order valence-electron chi connectivity index (χ0n) is 39.1. The number of aliphatic carboxylic acids is 1. The Morgan fingerprint density at radius 1 is 0.638 bits per heavy atom. The van der Waals surface area contributed by atoms with Gasteiger partial charge in [0.05, 0.1) is 25.2 Å². The summed E-state index contributed by atoms with van der Waals surface area (Å²) in [5.41, 5.74) is 27.9. The van der Waals surface area contributed by atoms with Gasteiger partial charge >= 0.3 is 5.97 Å². The fourth-order valence-corrected chi connectivity index (χ4v) is 6.84. The molecule has 0 aromatic heterocycles. The highest BCUT2D eigenvalue weighted by molar-refractivity contribution is 7.98. The maximum atomic E-state index is 14.1. The number of amides is 9. The number of hydrogen-bond donors (Lipinski definition) is 15. The highest BCUT2D eigenvalue weighted by Gasteiger charge is 2.35. The van der Waals surface area contributed by atoms with E-state index in [9.17, 15) is 63.3 Å². The molecule has 0 fully saturated rings. The third-order valence-corrected chi connectivity index (χ3v) is 10.7. The summed E-state index contributed by atoms with van der Waals surface area (Å²) in [4.78, 5) is 135. The minimum atomic E-state index is -1.78. The van der Waals surface area contributed by atoms with Crippen LogP contribution in [0.4, 0.5) is 0 Å². The van der Waals surface area contributed by atoms with Crippen molar-refractivity contribution in [2.45, 2.75) is 127 Å². The second kappa shape index (κ2) is 31.5. The van der Waals surface area contributed by atoms with Crippen molar-refractivity contribution in [1.29, 1.82) is 0 Å². The van der Waals surface area contributed by atoms with Gasteiger partial charge in [-0.2, -0.15) is 11.8 Å². The molecule has 1 aromatic carbocycles. The van der Waals surface area contributed by atoms with Crippen LogP contribution in [0.2, 0.25) is 0 Å². The number of benzene rings is 1. The number of nitrogens with two attached hydrogens (primary N) is 5. The van der Waals surface area contributed by atoms with E-state index in [-0.39, 0.29) is 63.4 Å². The van der Waals surface area contributed by atoms with Crippen molar-refractivity contribution in [2.24, 2.45) is 39.6 Å². The zero-order chi connectivity index (χ0) is 52.4. The normalized spacial score (nSPS) is 14.9. The number of carbonyl (C=O) groups excluding carboxylic acids is 9. The molecular formula is C42H69N13O13S. The van der Waals surface area contributed by atoms with E-state index >= 15 is 0 Å². The molecule has 0 saturated carbocycles. The summed E-state index contributed by atoms with van der Waals surface area (Å²) in [6.07, 6.45) is -1.29. The number of carboxylic acids is 1. The first kappa shape index (κ1) is 60.4. The molecule has 20 N–H and O–H groups in total. The fourth-order valence-electron chi connectivity index (χ4n) is 6.35. The smallest absolute Gasteiger partial charge is 0.328 e. The Morgan fingerprint density at radius 3 is 1.67 bits per heavy atom. The average Bonchev–Trinajstić information content (AvgIpc) is 3.27. The van der Waals surface area contributed by atoms with Crippen molar-refractivity contribution in [3.05, 3.63) is 35.9 Å². The molecule has 1 aromatic rings. The summed E-state index contributed by atoms with van der Waals surface area (Å²) < 4.78 is 0. The van der Waals surface area contributed by atoms with Crippen LogP contribution in [0.3, 0.4) is 0 Å². The lowest BCUT2D eigenvalue weighted by molar-refractivity contribution is -0.145. The number of carboxylic acid groups (broad SMARTS) is 1. The van der Waals surface area contributed by atoms with E-state index in [2.05, 4.69) is 42.2 Å². The van der Waals surface area contributed by atoms with Crippen LogP contribution < -0.4 is 65.9 Å². The summed E-state index contributed by atoms with van der Waals surface area (Å²) in [7, 11) is 0. The second-order valence-electron chi connectivity index (χ2n) is 16.4. The van der Waals surface area contributed by atoms with Gasteiger partial charge < -0.3 is 81.2 Å². The molecule has 26 nitrogen and oxygen atoms in total. The minimum Gasteiger partial charge on any atom is -0.480 e. The molecule has 0 spiro atoms. The van der Waals surface area contributed by atoms with Crippen LogP contribution in [0.1, 0.15) is 71.3 Å². The molecule has 1 rings (SSSR count). The standard InChI is InChI=1S/C42H69N13O13S/c1-21(2)17-27(37(63)50-25(11-8-15-48-42(46)47)36(62)55-33(22(3)57)41(67)68)51-39(65)29(19-32(45)59)53-38(64)28(18-23-9-6-5-7-10-23)52-40(66)30(20-56)54-35(61)26(12-13-31(44)58)49-34(60)24(43)14-16-69-4/h5-7,9-10,21-22,24-30,33,56-57H,8,11-20,43H2,1-4H3,(H2,44,58)(H2,45,59)(H,49,60)(H,50,63)(H,51,65)(H,52,66)(H,53,64)(H,54,61)(H,55,62)(H,67,68)(H4,46,47,48)/t22-,24+,25+,26+,27+,28+,29+,30+,33+/m1/s1. The van der Waals surface area contributed by atoms with Crippen LogP contribution in [-0.4, -0.2) is 160 Å². The number of carbonyl (C=O) groups is 10. The molecule has 0 unspecified atom stereocenters. The Bertz CT molecular complexity index is 1940. The van der Waals surface area contributed by atoms with Crippen molar-refractivity contribution >= 4 is 76.9 Å². The quantitative estimate of drug-likeness (QED) is 0.0177. The molecule has 9 atom stereocenters. The van der Waals surface area contributed by atoms with E-state index in [1.165, 1.54) is 11.8 Å². The van der Waals surface area contributed by atoms with Gasteiger partial charge in [-0.1, -0.05) is 44.2 Å². The van der Waals surface area contributed by atoms with E-state index in [1.807, 2.05) is 0 Å². The van der Waals surface area contributed by atoms with Crippen LogP contribution in [0, 0.1) is 5.92 Å². The molecule has 0 heterocycles. The van der Waals surface area contributed by atoms with Crippen LogP contribution in [0.25, 0.3) is 0 Å². The number of aliphatic hydroxyl groups excluding tert-OH is 2. The number of primary amides is 2. The van der Waals surface area contributed by atoms with Crippen LogP contribution >= 0.6 is 11.8 Å². The zero-order valence-corrected chi connectivity index (χ0v) is 39.9. The lowest BCUT2D eigenvalue weighted by atomic mass is 10.0. The van der Waals surface area contributed by atoms with E-state index in [4.69, 9.17) is 28.7 Å². The van der Waals surface area contributed by atoms with Crippen molar-refractivity contribution < 1.29 is 63.3 Å². The number of hydrogen-bond acceptors (Lipinski definition) is 15. The lowest BCUT2D eigenvalue weighted by Crippen LogP contribution is -2.61. The van der Waals surface area contributed by atoms with E-state index in [0.29, 0.717) is 11.3 Å². The average molecular weight is 996 g/mol. The minimum absolute atomic E-state index is 0.00916. The molecule has 386 valence electrons. The van der Waals surface area contributed by atoms with Crippen molar-refractivity contribution in [3.8, 4) is 0 Å². The van der Waals surface area contributed by atoms with Gasteiger partial charge in [0.25, 0.3) is 0 Å². The van der Waals surface area contributed by atoms with E-state index < -0.39 is 127 Å². The van der Waals surface area contributed by atoms with Gasteiger partial charge in [0.15, 0.2) is 12.0 Å². The molecule has 9 amide bonds. The van der Waals surface area contributed by atoms with Gasteiger partial charge in [-0.3, -0.25) is 48.1 Å². The number of thioether (sulfide) groups is 1. The topological polar surface area (TPSA) is 458 Å². The molecular weight excluding hydrogens is 927 g/mol. The molecule has 69 heavy (non-hydrogen) atoms. The lowest BCUT2D eigenvalue weighted by Gasteiger charge is -2.28. The fraction of sp³-hybridized carbons (Fsp3) is 0.595. The van der Waals surface area contributed by atoms with Crippen molar-refractivity contribution in [3.63, 3.8) is 0 Å². The van der Waals surface area contributed by atoms with E-state index in [0.717, 1.165) is 6.92 Å². The Labute approximate surface area is 403 Å². The second-order valence-corrected chi connectivity index (χ2v) is 17.4. The first-order valence-electron chi connectivity index (χ1n) is 21.9. The molecule has 0 bridgehead atoms. The van der Waals surface area contributed by atoms with Crippen LogP contribution in [0.5, 0.6) is 0 Å². The van der Waals surface area contributed by atoms with Gasteiger partial charge in [-0.05, 0) is 62.5 Å². The van der Waals surface area contributed by atoms with Crippen LogP contribution in [-0.2, 0) is 54.4 Å². The molecule has 27 heteroatoms. The van der Waals surface area contributed by atoms with Gasteiger partial charge in [-0.15, -0.1) is 0 Å². The largest absolute Gasteiger partial charge is 0.480 e. The molecule has 0 saturated heterocycles. The maximum absolute atomic E-state index is 14.1. The Morgan fingerprint density at radius 2 is 1.13 bits per heavy atom. The number of nitrogens with zero attached hydrogens (tertiary/aromatic N) is 1. The SMILES string of the molecule is CSCC[C@H](N)C(=O)N[C@@H](CCC(N)=O)C(=O)N[C@@H](CO)C(=O)N[C@@H](Cc1ccccc1)C(=O)N[C@@H](CC(N)=O)C(=O)N[C@@H](CC(C)C)C(=O)N[C@@H](CCCN=C(N)N)C(=O)N[C@H](C(=O)O)[C@@H](C)O. The molecule has 0 aliphatic heterocycles. The molecule has 0 aliphatic rings. The van der Waals surface area contributed by atoms with Gasteiger partial charge in [-0.25, -0.2) is 4.79 Å². The predicted octanol–water partition coefficient (Wildman–Crippen LogP) is -5.60. The Balaban J connectivity index is 3.48. The molecule has 0 radical (unpaired) electrons. The first-order valence-corrected chi connectivity index (χ1v) is 23.3. The molecule has 0 aliphatic carbocycles. The summed E-state index contributed by atoms with van der Waals surface area (Å²) >= 11 is 1.43. The van der Waals surface area contributed by atoms with Crippen LogP contribution in [0.15, 0.2) is 35.3 Å². The van der Waals surface area contributed by atoms with Gasteiger partial charge in [0.2, 0.25) is 53.2 Å². The number of guanidine groups is 1. The highest BCUT2D eigenvalue weighted by Crippen LogP contribution is 2.11. The summed E-state index contributed by atoms with van der Waals surface area (Å²) in [6, 6.07) is -4.02. The monoisotopic (exact) mass is 995 g/mol. The van der Waals surface area contributed by atoms with Gasteiger partial charge in [0, 0.05) is 19.4 Å². The summed E-state index contributed by atoms with van der Waals surface area (Å²) in [5, 5.41) is 46.4. The number of rotatable bonds is 33. The Kier molecular flexibility index (Phi) is 27.6.